The van der Waals surface area contributed by atoms with Gasteiger partial charge in [-0.15, -0.1) is 0 Å². The van der Waals surface area contributed by atoms with Crippen molar-refractivity contribution in [2.45, 2.75) is 37.1 Å². The van der Waals surface area contributed by atoms with Crippen LogP contribution in [0.2, 0.25) is 0 Å². The van der Waals surface area contributed by atoms with Crippen molar-refractivity contribution in [3.63, 3.8) is 0 Å². The molecule has 0 bridgehead atoms. The summed E-state index contributed by atoms with van der Waals surface area (Å²) in [5.41, 5.74) is 1.16. The van der Waals surface area contributed by atoms with Crippen LogP contribution in [0.5, 0.6) is 0 Å². The number of hydrogen-bond donors (Lipinski definition) is 2. The molecule has 0 saturated carbocycles. The molecule has 5 rings (SSSR count). The highest BCUT2D eigenvalue weighted by Gasteiger charge is 2.19. The summed E-state index contributed by atoms with van der Waals surface area (Å²) in [6.07, 6.45) is 1.06. The summed E-state index contributed by atoms with van der Waals surface area (Å²) in [5, 5.41) is 13.2. The molecular weight excluding hydrogens is 589 g/mol. The topological polar surface area (TPSA) is 144 Å². The van der Waals surface area contributed by atoms with E-state index in [-0.39, 0.29) is 30.5 Å². The van der Waals surface area contributed by atoms with E-state index in [0.29, 0.717) is 53.3 Å². The number of unbranched alkanes of at least 4 members (excludes halogenated alkanes) is 1. The molecule has 2 aromatic heterocycles. The Balaban J connectivity index is 1.42. The average molecular weight is 613 g/mol. The fourth-order valence-electron chi connectivity index (χ4n) is 4.40. The molecule has 222 valence electrons. The van der Waals surface area contributed by atoms with E-state index in [4.69, 9.17) is 9.63 Å². The molecule has 3 aromatic carbocycles. The molecular formula is C29H23F3N4O6S. The molecule has 43 heavy (non-hydrogen) atoms. The van der Waals surface area contributed by atoms with Gasteiger partial charge in [0.15, 0.2) is 17.4 Å². The van der Waals surface area contributed by atoms with Gasteiger partial charge in [-0.05, 0) is 67.4 Å². The predicted octanol–water partition coefficient (Wildman–Crippen LogP) is 4.73. The Kier molecular flexibility index (Phi) is 8.41. The zero-order valence-electron chi connectivity index (χ0n) is 22.3. The van der Waals surface area contributed by atoms with Crippen molar-refractivity contribution >= 4 is 26.9 Å². The van der Waals surface area contributed by atoms with Gasteiger partial charge >= 0.3 is 5.97 Å². The lowest BCUT2D eigenvalue weighted by atomic mass is 10.1. The first-order valence-electron chi connectivity index (χ1n) is 13.0. The van der Waals surface area contributed by atoms with Crippen LogP contribution < -0.4 is 10.3 Å². The maximum absolute atomic E-state index is 13.6. The molecule has 0 amide bonds. The number of aliphatic carboxylic acids is 1. The zero-order chi connectivity index (χ0) is 30.7. The van der Waals surface area contributed by atoms with Gasteiger partial charge in [0.1, 0.15) is 17.3 Å². The second-order valence-electron chi connectivity index (χ2n) is 9.56. The molecule has 0 spiro atoms. The summed E-state index contributed by atoms with van der Waals surface area (Å²) >= 11 is 0. The fourth-order valence-corrected chi connectivity index (χ4v) is 5.41. The van der Waals surface area contributed by atoms with Crippen LogP contribution >= 0.6 is 0 Å². The van der Waals surface area contributed by atoms with Gasteiger partial charge in [0.25, 0.3) is 5.56 Å². The van der Waals surface area contributed by atoms with E-state index in [9.17, 15) is 31.2 Å². The van der Waals surface area contributed by atoms with Crippen LogP contribution in [0.4, 0.5) is 13.2 Å². The van der Waals surface area contributed by atoms with Crippen LogP contribution in [0, 0.1) is 17.5 Å². The number of nitrogens with one attached hydrogen (secondary N) is 1. The molecule has 0 unspecified atom stereocenters. The number of hydrogen-bond acceptors (Lipinski definition) is 7. The number of fused-ring (bicyclic) bond motifs is 1. The maximum Gasteiger partial charge on any atom is 0.303 e. The van der Waals surface area contributed by atoms with Crippen LogP contribution in [-0.4, -0.2) is 34.2 Å². The molecule has 0 radical (unpaired) electrons. The third-order valence-corrected chi connectivity index (χ3v) is 7.96. The van der Waals surface area contributed by atoms with Crippen LogP contribution in [0.3, 0.4) is 0 Å². The van der Waals surface area contributed by atoms with E-state index < -0.39 is 43.9 Å². The Morgan fingerprint density at radius 3 is 2.44 bits per heavy atom. The van der Waals surface area contributed by atoms with Gasteiger partial charge in [-0.2, -0.15) is 0 Å². The van der Waals surface area contributed by atoms with Crippen LogP contribution in [0.1, 0.15) is 30.8 Å². The van der Waals surface area contributed by atoms with Crippen molar-refractivity contribution < 1.29 is 36.0 Å². The van der Waals surface area contributed by atoms with E-state index >= 15 is 0 Å². The smallest absolute Gasteiger partial charge is 0.303 e. The lowest BCUT2D eigenvalue weighted by molar-refractivity contribution is -0.137. The zero-order valence-corrected chi connectivity index (χ0v) is 23.1. The minimum Gasteiger partial charge on any atom is -0.481 e. The maximum atomic E-state index is 13.6. The third-order valence-electron chi connectivity index (χ3n) is 6.56. The molecule has 5 aromatic rings. The van der Waals surface area contributed by atoms with Gasteiger partial charge in [-0.3, -0.25) is 14.2 Å². The Morgan fingerprint density at radius 2 is 1.72 bits per heavy atom. The van der Waals surface area contributed by atoms with E-state index in [0.717, 1.165) is 6.07 Å². The third kappa shape index (κ3) is 6.65. The number of carbonyl (C=O) groups is 1. The second kappa shape index (κ2) is 12.2. The highest BCUT2D eigenvalue weighted by molar-refractivity contribution is 7.89. The SMILES string of the molecule is O=C(O)CCCCc1nc2cc(-c3cc(CNS(=O)(=O)c4ccc(F)c(F)c4)on3)ccc2c(=O)n1-c1ccc(F)cc1. The van der Waals surface area contributed by atoms with Crippen molar-refractivity contribution in [3.8, 4) is 16.9 Å². The number of rotatable bonds is 11. The van der Waals surface area contributed by atoms with Crippen molar-refractivity contribution in [2.75, 3.05) is 0 Å². The highest BCUT2D eigenvalue weighted by Crippen LogP contribution is 2.24. The summed E-state index contributed by atoms with van der Waals surface area (Å²) in [6.45, 7) is -0.330. The number of benzene rings is 3. The van der Waals surface area contributed by atoms with Crippen LogP contribution in [0.25, 0.3) is 27.8 Å². The molecule has 2 heterocycles. The summed E-state index contributed by atoms with van der Waals surface area (Å²) < 4.78 is 74.1. The molecule has 0 saturated heterocycles. The standard InChI is InChI=1S/C29H23F3N4O6S/c30-18-6-8-19(9-7-18)36-27(3-1-2-4-28(37)38)34-26-13-17(5-11-22(26)29(36)39)25-14-20(42-35-25)16-33-43(40,41)21-10-12-23(31)24(32)15-21/h5-15,33H,1-4,16H2,(H,37,38). The Bertz CT molecular complexity index is 1990. The number of nitrogens with zero attached hydrogens (tertiary/aromatic N) is 3. The molecule has 2 N–H and O–H groups in total. The molecule has 0 aliphatic heterocycles. The number of carboxylic acids is 1. The van der Waals surface area contributed by atoms with Crippen molar-refractivity contribution in [3.05, 3.63) is 106 Å². The number of sulfonamides is 1. The average Bonchev–Trinajstić information content (AvgIpc) is 3.45. The molecule has 0 aliphatic rings. The van der Waals surface area contributed by atoms with Gasteiger partial charge in [0, 0.05) is 24.5 Å². The van der Waals surface area contributed by atoms with Crippen molar-refractivity contribution in [2.24, 2.45) is 0 Å². The number of halogens is 3. The fraction of sp³-hybridized carbons (Fsp3) is 0.172. The molecule has 10 nitrogen and oxygen atoms in total. The molecule has 0 atom stereocenters. The summed E-state index contributed by atoms with van der Waals surface area (Å²) in [6, 6.07) is 13.8. The molecule has 14 heteroatoms. The Morgan fingerprint density at radius 1 is 0.953 bits per heavy atom. The van der Waals surface area contributed by atoms with Gasteiger partial charge in [0.2, 0.25) is 10.0 Å². The Labute approximate surface area is 242 Å². The van der Waals surface area contributed by atoms with Crippen LogP contribution in [0.15, 0.2) is 80.9 Å². The summed E-state index contributed by atoms with van der Waals surface area (Å²) in [5.74, 6) is -3.40. The van der Waals surface area contributed by atoms with E-state index in [2.05, 4.69) is 14.9 Å². The van der Waals surface area contributed by atoms with Crippen LogP contribution in [-0.2, 0) is 27.8 Å². The molecule has 0 fully saturated rings. The lowest BCUT2D eigenvalue weighted by Gasteiger charge is -2.14. The minimum atomic E-state index is -4.18. The van der Waals surface area contributed by atoms with E-state index in [1.54, 1.807) is 18.2 Å². The highest BCUT2D eigenvalue weighted by atomic mass is 32.2. The normalized spacial score (nSPS) is 11.7. The summed E-state index contributed by atoms with van der Waals surface area (Å²) in [7, 11) is -4.18. The van der Waals surface area contributed by atoms with E-state index in [1.807, 2.05) is 0 Å². The largest absolute Gasteiger partial charge is 0.481 e. The quantitative estimate of drug-likeness (QED) is 0.204. The summed E-state index contributed by atoms with van der Waals surface area (Å²) in [4.78, 5) is 28.7. The lowest BCUT2D eigenvalue weighted by Crippen LogP contribution is -2.24. The monoisotopic (exact) mass is 612 g/mol. The van der Waals surface area contributed by atoms with Gasteiger partial charge < -0.3 is 9.63 Å². The van der Waals surface area contributed by atoms with Gasteiger partial charge in [-0.25, -0.2) is 31.3 Å². The first-order valence-corrected chi connectivity index (χ1v) is 14.4. The number of carboxylic acid groups (broad SMARTS) is 1. The van der Waals surface area contributed by atoms with Crippen molar-refractivity contribution in [1.82, 2.24) is 19.4 Å². The molecule has 0 aliphatic carbocycles. The van der Waals surface area contributed by atoms with Gasteiger partial charge in [-0.1, -0.05) is 11.2 Å². The van der Waals surface area contributed by atoms with E-state index in [1.165, 1.54) is 34.9 Å². The number of aromatic nitrogens is 3. The first kappa shape index (κ1) is 29.7. The number of aryl methyl sites for hydroxylation is 1. The second-order valence-corrected chi connectivity index (χ2v) is 11.3. The minimum absolute atomic E-state index is 0.0378. The van der Waals surface area contributed by atoms with Gasteiger partial charge in [0.05, 0.1) is 28.0 Å². The predicted molar refractivity (Wildman–Crippen MR) is 148 cm³/mol. The first-order chi connectivity index (χ1) is 20.5. The Hall–Kier alpha value is -4.82. The van der Waals surface area contributed by atoms with Crippen molar-refractivity contribution in [1.29, 1.82) is 0 Å².